The number of hydrogen-bond donors (Lipinski definition) is 1. The number of aromatic nitrogens is 5. The molecule has 1 saturated heterocycles. The summed E-state index contributed by atoms with van der Waals surface area (Å²) < 4.78 is 1.71. The summed E-state index contributed by atoms with van der Waals surface area (Å²) in [6, 6.07) is 3.79. The Morgan fingerprint density at radius 1 is 1.17 bits per heavy atom. The molecule has 1 aliphatic rings. The Morgan fingerprint density at radius 2 is 1.90 bits per heavy atom. The topological polar surface area (TPSA) is 91.6 Å². The van der Waals surface area contributed by atoms with Gasteiger partial charge in [-0.1, -0.05) is 0 Å². The van der Waals surface area contributed by atoms with E-state index in [2.05, 4.69) is 35.2 Å². The predicted molar refractivity (Wildman–Crippen MR) is 110 cm³/mol. The second-order valence-corrected chi connectivity index (χ2v) is 7.54. The predicted octanol–water partition coefficient (Wildman–Crippen LogP) is 1.08. The van der Waals surface area contributed by atoms with E-state index >= 15 is 0 Å². The Hall–Kier alpha value is -3.07. The highest BCUT2D eigenvalue weighted by Crippen LogP contribution is 2.13. The van der Waals surface area contributed by atoms with Crippen molar-refractivity contribution < 1.29 is 4.79 Å². The normalized spacial score (nSPS) is 16.2. The molecule has 29 heavy (non-hydrogen) atoms. The number of hydrogen-bond acceptors (Lipinski definition) is 7. The molecule has 9 heteroatoms. The average molecular weight is 394 g/mol. The van der Waals surface area contributed by atoms with Gasteiger partial charge >= 0.3 is 0 Å². The Kier molecular flexibility index (Phi) is 5.39. The first-order valence-corrected chi connectivity index (χ1v) is 9.88. The van der Waals surface area contributed by atoms with Crippen LogP contribution in [0.5, 0.6) is 0 Å². The molecule has 0 bridgehead atoms. The van der Waals surface area contributed by atoms with Crippen LogP contribution in [-0.2, 0) is 0 Å². The minimum absolute atomic E-state index is 0.0166. The lowest BCUT2D eigenvalue weighted by atomic mass is 10.2. The van der Waals surface area contributed by atoms with Crippen molar-refractivity contribution in [1.82, 2.24) is 34.8 Å². The Bertz CT molecular complexity index is 994. The van der Waals surface area contributed by atoms with Crippen LogP contribution in [0.25, 0.3) is 5.65 Å². The molecule has 1 atom stereocenters. The van der Waals surface area contributed by atoms with Crippen molar-refractivity contribution in [2.45, 2.75) is 26.8 Å². The fraction of sp³-hybridized carbons (Fsp3) is 0.450. The van der Waals surface area contributed by atoms with E-state index < -0.39 is 0 Å². The number of nitrogens with zero attached hydrogens (tertiary/aromatic N) is 7. The molecule has 0 spiro atoms. The lowest BCUT2D eigenvalue weighted by molar-refractivity contribution is 0.0929. The van der Waals surface area contributed by atoms with E-state index in [1.165, 1.54) is 0 Å². The number of amides is 1. The van der Waals surface area contributed by atoms with Crippen LogP contribution in [0.2, 0.25) is 0 Å². The molecule has 1 aliphatic heterocycles. The first-order chi connectivity index (χ1) is 14.0. The molecule has 1 N–H and O–H groups in total. The molecule has 0 aromatic carbocycles. The van der Waals surface area contributed by atoms with Crippen LogP contribution in [-0.4, -0.2) is 74.1 Å². The van der Waals surface area contributed by atoms with Crippen LogP contribution < -0.4 is 10.2 Å². The van der Waals surface area contributed by atoms with Crippen molar-refractivity contribution in [2.24, 2.45) is 0 Å². The molecule has 3 aromatic heterocycles. The Balaban J connectivity index is 1.33. The van der Waals surface area contributed by atoms with Crippen molar-refractivity contribution in [3.8, 4) is 0 Å². The van der Waals surface area contributed by atoms with Crippen molar-refractivity contribution in [3.05, 3.63) is 47.7 Å². The van der Waals surface area contributed by atoms with Crippen molar-refractivity contribution in [1.29, 1.82) is 0 Å². The molecule has 9 nitrogen and oxygen atoms in total. The van der Waals surface area contributed by atoms with Crippen LogP contribution in [0, 0.1) is 13.8 Å². The zero-order valence-corrected chi connectivity index (χ0v) is 17.0. The second-order valence-electron chi connectivity index (χ2n) is 7.54. The van der Waals surface area contributed by atoms with Gasteiger partial charge in [-0.05, 0) is 32.9 Å². The molecular formula is C20H26N8O. The van der Waals surface area contributed by atoms with Gasteiger partial charge in [0.2, 0.25) is 5.95 Å². The number of aryl methyl sites for hydroxylation is 2. The van der Waals surface area contributed by atoms with Gasteiger partial charge in [-0.3, -0.25) is 9.69 Å². The van der Waals surface area contributed by atoms with E-state index in [0.29, 0.717) is 11.2 Å². The molecule has 0 aliphatic carbocycles. The average Bonchev–Trinajstić information content (AvgIpc) is 3.13. The fourth-order valence-corrected chi connectivity index (χ4v) is 3.75. The number of carbonyl (C=O) groups is 1. The molecule has 3 aromatic rings. The van der Waals surface area contributed by atoms with E-state index in [1.54, 1.807) is 23.1 Å². The number of nitrogens with one attached hydrogen (secondary N) is 1. The quantitative estimate of drug-likeness (QED) is 0.692. The maximum atomic E-state index is 12.8. The van der Waals surface area contributed by atoms with Gasteiger partial charge in [0.05, 0.1) is 6.20 Å². The largest absolute Gasteiger partial charge is 0.348 e. The SMILES string of the molecule is Cc1cc(C)n2ncc(C(=O)NC(C)CN3CCN(c4ncccn4)CC3)c2n1. The van der Waals surface area contributed by atoms with E-state index in [9.17, 15) is 4.79 Å². The van der Waals surface area contributed by atoms with Crippen LogP contribution in [0.4, 0.5) is 5.95 Å². The molecule has 0 saturated carbocycles. The Labute approximate surface area is 169 Å². The number of carbonyl (C=O) groups excluding carboxylic acids is 1. The van der Waals surface area contributed by atoms with Gasteiger partial charge < -0.3 is 10.2 Å². The highest BCUT2D eigenvalue weighted by atomic mass is 16.1. The van der Waals surface area contributed by atoms with Gasteiger partial charge in [0.1, 0.15) is 5.56 Å². The van der Waals surface area contributed by atoms with Crippen LogP contribution in [0.15, 0.2) is 30.7 Å². The number of rotatable bonds is 5. The summed E-state index contributed by atoms with van der Waals surface area (Å²) in [5, 5.41) is 7.40. The molecule has 0 radical (unpaired) electrons. The first-order valence-electron chi connectivity index (χ1n) is 9.88. The third-order valence-corrected chi connectivity index (χ3v) is 5.14. The van der Waals surface area contributed by atoms with E-state index in [0.717, 1.165) is 50.1 Å². The van der Waals surface area contributed by atoms with Crippen molar-refractivity contribution in [3.63, 3.8) is 0 Å². The summed E-state index contributed by atoms with van der Waals surface area (Å²) in [5.41, 5.74) is 2.94. The van der Waals surface area contributed by atoms with Gasteiger partial charge in [0.15, 0.2) is 5.65 Å². The summed E-state index contributed by atoms with van der Waals surface area (Å²) >= 11 is 0. The summed E-state index contributed by atoms with van der Waals surface area (Å²) in [4.78, 5) is 30.5. The lowest BCUT2D eigenvalue weighted by Crippen LogP contribution is -2.51. The number of fused-ring (bicyclic) bond motifs is 1. The zero-order chi connectivity index (χ0) is 20.4. The van der Waals surface area contributed by atoms with E-state index in [4.69, 9.17) is 0 Å². The third kappa shape index (κ3) is 4.19. The molecule has 1 amide bonds. The minimum Gasteiger partial charge on any atom is -0.348 e. The van der Waals surface area contributed by atoms with Gasteiger partial charge in [0, 0.05) is 62.5 Å². The molecule has 4 rings (SSSR count). The number of anilines is 1. The second kappa shape index (κ2) is 8.12. The summed E-state index contributed by atoms with van der Waals surface area (Å²) in [7, 11) is 0. The standard InChI is InChI=1S/C20H26N8O/c1-14-11-16(3)28-18(24-14)17(12-23-28)19(29)25-15(2)13-26-7-9-27(10-8-26)20-21-5-4-6-22-20/h4-6,11-12,15H,7-10,13H2,1-3H3,(H,25,29). The summed E-state index contributed by atoms with van der Waals surface area (Å²) in [6.45, 7) is 10.3. The highest BCUT2D eigenvalue weighted by molar-refractivity contribution is 5.99. The van der Waals surface area contributed by atoms with Gasteiger partial charge in [-0.2, -0.15) is 5.10 Å². The van der Waals surface area contributed by atoms with Crippen molar-refractivity contribution in [2.75, 3.05) is 37.6 Å². The molecule has 1 fully saturated rings. The Morgan fingerprint density at radius 3 is 2.62 bits per heavy atom. The molecule has 1 unspecified atom stereocenters. The first kappa shape index (κ1) is 19.3. The van der Waals surface area contributed by atoms with Crippen LogP contribution in [0.3, 0.4) is 0 Å². The smallest absolute Gasteiger partial charge is 0.257 e. The maximum absolute atomic E-state index is 12.8. The summed E-state index contributed by atoms with van der Waals surface area (Å²) in [6.07, 6.45) is 5.13. The van der Waals surface area contributed by atoms with Gasteiger partial charge in [-0.15, -0.1) is 0 Å². The highest BCUT2D eigenvalue weighted by Gasteiger charge is 2.22. The van der Waals surface area contributed by atoms with E-state index in [-0.39, 0.29) is 11.9 Å². The van der Waals surface area contributed by atoms with Gasteiger partial charge in [-0.25, -0.2) is 19.5 Å². The maximum Gasteiger partial charge on any atom is 0.257 e. The monoisotopic (exact) mass is 394 g/mol. The van der Waals surface area contributed by atoms with Crippen molar-refractivity contribution >= 4 is 17.5 Å². The fourth-order valence-electron chi connectivity index (χ4n) is 3.75. The van der Waals surface area contributed by atoms with Crippen LogP contribution >= 0.6 is 0 Å². The molecular weight excluding hydrogens is 368 g/mol. The number of piperazine rings is 1. The lowest BCUT2D eigenvalue weighted by Gasteiger charge is -2.35. The third-order valence-electron chi connectivity index (χ3n) is 5.14. The van der Waals surface area contributed by atoms with E-state index in [1.807, 2.05) is 32.9 Å². The molecule has 152 valence electrons. The van der Waals surface area contributed by atoms with Crippen LogP contribution in [0.1, 0.15) is 28.7 Å². The zero-order valence-electron chi connectivity index (χ0n) is 17.0. The minimum atomic E-state index is -0.138. The summed E-state index contributed by atoms with van der Waals surface area (Å²) in [5.74, 6) is 0.640. The van der Waals surface area contributed by atoms with Gasteiger partial charge in [0.25, 0.3) is 5.91 Å². The molecule has 4 heterocycles.